The summed E-state index contributed by atoms with van der Waals surface area (Å²) >= 11 is 7.19. The summed E-state index contributed by atoms with van der Waals surface area (Å²) in [5.74, 6) is 0.300. The number of nitrogens with zero attached hydrogens (tertiary/aromatic N) is 1. The average Bonchev–Trinajstić information content (AvgIpc) is 2.56. The fourth-order valence-corrected chi connectivity index (χ4v) is 1.92. The van der Waals surface area contributed by atoms with Crippen LogP contribution >= 0.6 is 22.9 Å². The monoisotopic (exact) mass is 219 g/mol. The zero-order valence-corrected chi connectivity index (χ0v) is 9.18. The molecule has 0 saturated heterocycles. The first-order valence-corrected chi connectivity index (χ1v) is 5.63. The lowest BCUT2D eigenvalue weighted by Gasteiger charge is -2.18. The normalized spacial score (nSPS) is 13.5. The maximum atomic E-state index is 9.29. The Bertz CT molecular complexity index is 228. The standard InChI is InChI=1S/C9H14ClNOS/c1-11(6-9(12)4-10)5-8-2-3-13-7-8/h2-3,7,9,12H,4-6H2,1H3. The molecule has 1 rings (SSSR count). The Kier molecular flexibility index (Phi) is 4.73. The second kappa shape index (κ2) is 5.60. The van der Waals surface area contributed by atoms with Crippen LogP contribution in [0, 0.1) is 0 Å². The number of thiophene rings is 1. The molecular weight excluding hydrogens is 206 g/mol. The zero-order chi connectivity index (χ0) is 9.68. The van der Waals surface area contributed by atoms with Crippen LogP contribution in [0.25, 0.3) is 0 Å². The van der Waals surface area contributed by atoms with E-state index in [1.54, 1.807) is 11.3 Å². The second-order valence-electron chi connectivity index (χ2n) is 3.14. The van der Waals surface area contributed by atoms with Crippen LogP contribution in [0.4, 0.5) is 0 Å². The number of aliphatic hydroxyl groups is 1. The van der Waals surface area contributed by atoms with E-state index in [1.807, 2.05) is 7.05 Å². The molecule has 0 bridgehead atoms. The molecule has 74 valence electrons. The van der Waals surface area contributed by atoms with Crippen LogP contribution in [0.1, 0.15) is 5.56 Å². The number of hydrogen-bond acceptors (Lipinski definition) is 3. The largest absolute Gasteiger partial charge is 0.391 e. The Morgan fingerprint density at radius 2 is 2.46 bits per heavy atom. The lowest BCUT2D eigenvalue weighted by atomic mass is 10.3. The number of likely N-dealkylation sites (N-methyl/N-ethyl adjacent to an activating group) is 1. The van der Waals surface area contributed by atoms with Gasteiger partial charge in [0, 0.05) is 19.0 Å². The van der Waals surface area contributed by atoms with Gasteiger partial charge in [0.05, 0.1) is 6.10 Å². The van der Waals surface area contributed by atoms with Crippen molar-refractivity contribution in [2.24, 2.45) is 0 Å². The van der Waals surface area contributed by atoms with E-state index >= 15 is 0 Å². The van der Waals surface area contributed by atoms with Gasteiger partial charge in [-0.2, -0.15) is 11.3 Å². The molecule has 0 radical (unpaired) electrons. The van der Waals surface area contributed by atoms with Crippen LogP contribution in [0.15, 0.2) is 16.8 Å². The van der Waals surface area contributed by atoms with Crippen molar-refractivity contribution >= 4 is 22.9 Å². The van der Waals surface area contributed by atoms with Crippen LogP contribution < -0.4 is 0 Å². The molecule has 0 aliphatic carbocycles. The van der Waals surface area contributed by atoms with E-state index in [2.05, 4.69) is 21.7 Å². The van der Waals surface area contributed by atoms with Crippen LogP contribution in [-0.2, 0) is 6.54 Å². The first-order chi connectivity index (χ1) is 6.22. The van der Waals surface area contributed by atoms with Gasteiger partial charge < -0.3 is 5.11 Å². The molecule has 0 amide bonds. The summed E-state index contributed by atoms with van der Waals surface area (Å²) in [6.07, 6.45) is -0.426. The van der Waals surface area contributed by atoms with Gasteiger partial charge in [-0.15, -0.1) is 11.6 Å². The molecule has 0 saturated carbocycles. The minimum absolute atomic E-state index is 0.300. The highest BCUT2D eigenvalue weighted by atomic mass is 35.5. The molecule has 0 aromatic carbocycles. The summed E-state index contributed by atoms with van der Waals surface area (Å²) in [6.45, 7) is 1.50. The van der Waals surface area contributed by atoms with Crippen LogP contribution in [-0.4, -0.2) is 35.6 Å². The molecule has 0 spiro atoms. The maximum absolute atomic E-state index is 9.29. The molecule has 4 heteroatoms. The van der Waals surface area contributed by atoms with Crippen LogP contribution in [0.5, 0.6) is 0 Å². The molecule has 13 heavy (non-hydrogen) atoms. The van der Waals surface area contributed by atoms with E-state index in [1.165, 1.54) is 5.56 Å². The van der Waals surface area contributed by atoms with Gasteiger partial charge in [-0.1, -0.05) is 0 Å². The summed E-state index contributed by atoms with van der Waals surface area (Å²) < 4.78 is 0. The van der Waals surface area contributed by atoms with Crippen molar-refractivity contribution in [2.45, 2.75) is 12.6 Å². The lowest BCUT2D eigenvalue weighted by molar-refractivity contribution is 0.141. The van der Waals surface area contributed by atoms with Gasteiger partial charge in [0.25, 0.3) is 0 Å². The van der Waals surface area contributed by atoms with Gasteiger partial charge in [-0.25, -0.2) is 0 Å². The molecule has 1 N–H and O–H groups in total. The van der Waals surface area contributed by atoms with E-state index in [9.17, 15) is 5.11 Å². The van der Waals surface area contributed by atoms with Crippen molar-refractivity contribution in [3.8, 4) is 0 Å². The third-order valence-electron chi connectivity index (χ3n) is 1.73. The van der Waals surface area contributed by atoms with E-state index < -0.39 is 6.10 Å². The van der Waals surface area contributed by atoms with Crippen molar-refractivity contribution in [1.29, 1.82) is 0 Å². The maximum Gasteiger partial charge on any atom is 0.0802 e. The van der Waals surface area contributed by atoms with Crippen molar-refractivity contribution in [2.75, 3.05) is 19.5 Å². The van der Waals surface area contributed by atoms with Crippen molar-refractivity contribution in [1.82, 2.24) is 4.90 Å². The van der Waals surface area contributed by atoms with E-state index in [0.29, 0.717) is 12.4 Å². The predicted octanol–water partition coefficient (Wildman–Crippen LogP) is 1.78. The minimum Gasteiger partial charge on any atom is -0.391 e. The number of alkyl halides is 1. The first-order valence-electron chi connectivity index (χ1n) is 4.16. The fraction of sp³-hybridized carbons (Fsp3) is 0.556. The summed E-state index contributed by atoms with van der Waals surface area (Å²) in [5, 5.41) is 13.5. The molecule has 0 aliphatic rings. The Hall–Kier alpha value is -0.0900. The molecule has 0 aliphatic heterocycles. The Labute approximate surface area is 87.8 Å². The molecular formula is C9H14ClNOS. The van der Waals surface area contributed by atoms with Gasteiger partial charge in [0.1, 0.15) is 0 Å². The van der Waals surface area contributed by atoms with E-state index in [4.69, 9.17) is 11.6 Å². The molecule has 1 atom stereocenters. The van der Waals surface area contributed by atoms with Crippen LogP contribution in [0.3, 0.4) is 0 Å². The SMILES string of the molecule is CN(Cc1ccsc1)CC(O)CCl. The quantitative estimate of drug-likeness (QED) is 0.764. The number of aliphatic hydroxyl groups excluding tert-OH is 1. The second-order valence-corrected chi connectivity index (χ2v) is 4.23. The van der Waals surface area contributed by atoms with Crippen molar-refractivity contribution in [3.05, 3.63) is 22.4 Å². The molecule has 1 aromatic heterocycles. The highest BCUT2D eigenvalue weighted by Crippen LogP contribution is 2.08. The topological polar surface area (TPSA) is 23.5 Å². The Balaban J connectivity index is 2.29. The lowest BCUT2D eigenvalue weighted by Crippen LogP contribution is -2.29. The summed E-state index contributed by atoms with van der Waals surface area (Å²) in [5.41, 5.74) is 1.29. The highest BCUT2D eigenvalue weighted by molar-refractivity contribution is 7.07. The first kappa shape index (κ1) is 11.0. The highest BCUT2D eigenvalue weighted by Gasteiger charge is 2.06. The van der Waals surface area contributed by atoms with Gasteiger partial charge in [0.15, 0.2) is 0 Å². The molecule has 2 nitrogen and oxygen atoms in total. The number of hydrogen-bond donors (Lipinski definition) is 1. The third-order valence-corrected chi connectivity index (χ3v) is 2.82. The minimum atomic E-state index is -0.426. The van der Waals surface area contributed by atoms with Crippen molar-refractivity contribution in [3.63, 3.8) is 0 Å². The van der Waals surface area contributed by atoms with Gasteiger partial charge in [-0.05, 0) is 29.4 Å². The van der Waals surface area contributed by atoms with E-state index in [-0.39, 0.29) is 0 Å². The summed E-state index contributed by atoms with van der Waals surface area (Å²) in [7, 11) is 1.98. The average molecular weight is 220 g/mol. The third kappa shape index (κ3) is 4.09. The predicted molar refractivity (Wildman–Crippen MR) is 57.4 cm³/mol. The molecule has 0 fully saturated rings. The van der Waals surface area contributed by atoms with Crippen LogP contribution in [0.2, 0.25) is 0 Å². The van der Waals surface area contributed by atoms with E-state index in [0.717, 1.165) is 6.54 Å². The molecule has 1 unspecified atom stereocenters. The zero-order valence-electron chi connectivity index (χ0n) is 7.61. The molecule has 1 aromatic rings. The smallest absolute Gasteiger partial charge is 0.0802 e. The molecule has 1 heterocycles. The summed E-state index contributed by atoms with van der Waals surface area (Å²) in [4.78, 5) is 2.06. The Morgan fingerprint density at radius 3 is 3.00 bits per heavy atom. The van der Waals surface area contributed by atoms with Gasteiger partial charge >= 0.3 is 0 Å². The van der Waals surface area contributed by atoms with Gasteiger partial charge in [-0.3, -0.25) is 4.90 Å². The fourth-order valence-electron chi connectivity index (χ4n) is 1.17. The summed E-state index contributed by atoms with van der Waals surface area (Å²) in [6, 6.07) is 2.09. The number of halogens is 1. The van der Waals surface area contributed by atoms with Crippen molar-refractivity contribution < 1.29 is 5.11 Å². The van der Waals surface area contributed by atoms with Gasteiger partial charge in [0.2, 0.25) is 0 Å². The Morgan fingerprint density at radius 1 is 1.69 bits per heavy atom. The number of rotatable bonds is 5.